The van der Waals surface area contributed by atoms with Crippen molar-refractivity contribution in [2.45, 2.75) is 116 Å². The Kier molecular flexibility index (Phi) is 22.9. The fraction of sp³-hybridized carbons (Fsp3) is 0.793. The van der Waals surface area contributed by atoms with E-state index in [4.69, 9.17) is 19.7 Å². The van der Waals surface area contributed by atoms with E-state index < -0.39 is 40.2 Å². The van der Waals surface area contributed by atoms with E-state index in [0.29, 0.717) is 19.6 Å². The number of hydrogen-bond donors (Lipinski definition) is 4. The molecule has 0 aliphatic rings. The average Bonchev–Trinajstić information content (AvgIpc) is 2.96. The summed E-state index contributed by atoms with van der Waals surface area (Å²) in [7, 11) is -9.58. The summed E-state index contributed by atoms with van der Waals surface area (Å²) in [4.78, 5) is 35.0. The van der Waals surface area contributed by atoms with Gasteiger partial charge >= 0.3 is 21.1 Å². The number of rotatable bonds is 29. The first-order valence-electron chi connectivity index (χ1n) is 15.9. The van der Waals surface area contributed by atoms with E-state index in [1.807, 2.05) is 0 Å². The van der Waals surface area contributed by atoms with Gasteiger partial charge in [-0.15, -0.1) is 0 Å². The van der Waals surface area contributed by atoms with Crippen LogP contribution in [0.5, 0.6) is 0 Å². The molecule has 0 spiro atoms. The van der Waals surface area contributed by atoms with Crippen molar-refractivity contribution in [2.75, 3.05) is 38.5 Å². The average molecular weight is 668 g/mol. The standard InChI is InChI=1S/C29H55N3O10P2/c1-2-3-4-5-6-7-8-9-10-11-12-13-14-15-16-17-21-39-22-18-23-41-44(37,38)42-43(35,36)26-40-27(25-33)24-32-20-19-28(30)31-29(32)34/h9-10,19-20,27,33H,2-8,11-18,21-26H2,1H3,(H,35,36)(H,37,38)(H2,30,31,34)/t27-/m0/s1. The Balaban J connectivity index is 2.03. The molecule has 1 aromatic rings. The quantitative estimate of drug-likeness (QED) is 0.0448. The van der Waals surface area contributed by atoms with Crippen molar-refractivity contribution in [2.24, 2.45) is 0 Å². The minimum absolute atomic E-state index is 0.0139. The second-order valence-corrected chi connectivity index (χ2v) is 14.2. The third kappa shape index (κ3) is 22.2. The largest absolute Gasteiger partial charge is 0.479 e. The van der Waals surface area contributed by atoms with Crippen molar-refractivity contribution in [3.8, 4) is 0 Å². The number of phosphoric ester groups is 1. The van der Waals surface area contributed by atoms with Crippen LogP contribution in [-0.4, -0.2) is 63.3 Å². The summed E-state index contributed by atoms with van der Waals surface area (Å²) in [6, 6.07) is 1.36. The number of hydrogen-bond acceptors (Lipinski definition) is 10. The fourth-order valence-corrected chi connectivity index (χ4v) is 6.69. The van der Waals surface area contributed by atoms with E-state index in [0.717, 1.165) is 23.8 Å². The molecule has 1 heterocycles. The van der Waals surface area contributed by atoms with Gasteiger partial charge in [-0.25, -0.2) is 13.7 Å². The summed E-state index contributed by atoms with van der Waals surface area (Å²) in [6.07, 6.45) is 21.5. The molecule has 0 radical (unpaired) electrons. The molecule has 0 amide bonds. The number of aliphatic hydroxyl groups is 1. The molecule has 0 aromatic carbocycles. The minimum atomic E-state index is -4.85. The lowest BCUT2D eigenvalue weighted by atomic mass is 10.1. The first kappa shape index (κ1) is 40.6. The number of nitrogen functional groups attached to an aromatic ring is 1. The van der Waals surface area contributed by atoms with Gasteiger partial charge in [-0.2, -0.15) is 4.98 Å². The Hall–Kier alpha value is -1.40. The van der Waals surface area contributed by atoms with Gasteiger partial charge in [-0.1, -0.05) is 76.9 Å². The number of nitrogens with zero attached hydrogens (tertiary/aromatic N) is 2. The number of nitrogens with two attached hydrogens (primary N) is 1. The van der Waals surface area contributed by atoms with Crippen LogP contribution in [0.2, 0.25) is 0 Å². The van der Waals surface area contributed by atoms with Crippen LogP contribution in [0.4, 0.5) is 5.82 Å². The van der Waals surface area contributed by atoms with Gasteiger partial charge in [0.2, 0.25) is 0 Å². The summed E-state index contributed by atoms with van der Waals surface area (Å²) in [5.41, 5.74) is 4.72. The third-order valence-corrected chi connectivity index (χ3v) is 9.52. The molecule has 1 aromatic heterocycles. The summed E-state index contributed by atoms with van der Waals surface area (Å²) in [6.45, 7) is 2.11. The molecule has 44 heavy (non-hydrogen) atoms. The number of aromatic nitrogens is 2. The van der Waals surface area contributed by atoms with Crippen molar-refractivity contribution < 1.29 is 42.3 Å². The Morgan fingerprint density at radius 1 is 0.909 bits per heavy atom. The number of ether oxygens (including phenoxy) is 2. The molecule has 13 nitrogen and oxygen atoms in total. The molecular formula is C29H55N3O10P2. The fourth-order valence-electron chi connectivity index (χ4n) is 4.27. The minimum Gasteiger partial charge on any atom is -0.394 e. The predicted octanol–water partition coefficient (Wildman–Crippen LogP) is 5.92. The molecule has 0 saturated carbocycles. The van der Waals surface area contributed by atoms with Crippen LogP contribution in [0.25, 0.3) is 0 Å². The van der Waals surface area contributed by atoms with Crippen molar-refractivity contribution >= 4 is 21.2 Å². The van der Waals surface area contributed by atoms with Gasteiger partial charge in [-0.3, -0.25) is 13.7 Å². The van der Waals surface area contributed by atoms with Gasteiger partial charge in [-0.05, 0) is 44.6 Å². The zero-order valence-electron chi connectivity index (χ0n) is 26.3. The van der Waals surface area contributed by atoms with Gasteiger partial charge in [0.1, 0.15) is 12.2 Å². The number of allylic oxidation sites excluding steroid dienone is 2. The highest BCUT2D eigenvalue weighted by Gasteiger charge is 2.34. The van der Waals surface area contributed by atoms with Gasteiger partial charge in [0.05, 0.1) is 25.9 Å². The Morgan fingerprint density at radius 2 is 1.50 bits per heavy atom. The topological polar surface area (TPSA) is 193 Å². The van der Waals surface area contributed by atoms with E-state index >= 15 is 0 Å². The van der Waals surface area contributed by atoms with Crippen molar-refractivity contribution in [1.82, 2.24) is 9.55 Å². The van der Waals surface area contributed by atoms with Gasteiger partial charge in [0, 0.05) is 19.4 Å². The molecule has 1 rings (SSSR count). The number of unbranched alkanes of at least 4 members (excludes halogenated alkanes) is 12. The summed E-state index contributed by atoms with van der Waals surface area (Å²) < 4.78 is 45.2. The van der Waals surface area contributed by atoms with E-state index in [1.165, 1.54) is 82.9 Å². The maximum Gasteiger partial charge on any atom is 0.479 e. The lowest BCUT2D eigenvalue weighted by Crippen LogP contribution is -2.32. The molecule has 256 valence electrons. The summed E-state index contributed by atoms with van der Waals surface area (Å²) >= 11 is 0. The third-order valence-electron chi connectivity index (χ3n) is 6.69. The zero-order valence-corrected chi connectivity index (χ0v) is 28.1. The number of anilines is 1. The second kappa shape index (κ2) is 24.8. The molecular weight excluding hydrogens is 612 g/mol. The molecule has 0 aliphatic carbocycles. The van der Waals surface area contributed by atoms with E-state index in [9.17, 15) is 28.8 Å². The van der Waals surface area contributed by atoms with Crippen molar-refractivity contribution in [1.29, 1.82) is 0 Å². The van der Waals surface area contributed by atoms with E-state index in [1.54, 1.807) is 0 Å². The number of phosphoric acid groups is 1. The van der Waals surface area contributed by atoms with Gasteiger partial charge in [0.25, 0.3) is 0 Å². The first-order chi connectivity index (χ1) is 21.1. The molecule has 0 bridgehead atoms. The normalized spacial score (nSPS) is 15.4. The van der Waals surface area contributed by atoms with Crippen molar-refractivity contribution in [3.05, 3.63) is 34.9 Å². The smallest absolute Gasteiger partial charge is 0.394 e. The van der Waals surface area contributed by atoms with Crippen LogP contribution in [0.1, 0.15) is 103 Å². The van der Waals surface area contributed by atoms with Crippen LogP contribution < -0.4 is 11.4 Å². The molecule has 0 saturated heterocycles. The molecule has 0 fully saturated rings. The van der Waals surface area contributed by atoms with Crippen LogP contribution in [-0.2, 0) is 34.0 Å². The van der Waals surface area contributed by atoms with Crippen LogP contribution in [0.15, 0.2) is 29.2 Å². The lowest BCUT2D eigenvalue weighted by Gasteiger charge is -2.20. The molecule has 2 unspecified atom stereocenters. The Labute approximate surface area is 262 Å². The molecule has 5 N–H and O–H groups in total. The number of aliphatic hydroxyl groups excluding tert-OH is 1. The summed E-state index contributed by atoms with van der Waals surface area (Å²) in [5, 5.41) is 9.46. The molecule has 3 atom stereocenters. The van der Waals surface area contributed by atoms with Crippen LogP contribution >= 0.6 is 15.4 Å². The predicted molar refractivity (Wildman–Crippen MR) is 171 cm³/mol. The van der Waals surface area contributed by atoms with Crippen LogP contribution in [0.3, 0.4) is 0 Å². The highest BCUT2D eigenvalue weighted by molar-refractivity contribution is 7.63. The van der Waals surface area contributed by atoms with Gasteiger partial charge < -0.3 is 30.1 Å². The summed E-state index contributed by atoms with van der Waals surface area (Å²) in [5.74, 6) is 0.0139. The Morgan fingerprint density at radius 3 is 2.11 bits per heavy atom. The monoisotopic (exact) mass is 667 g/mol. The zero-order chi connectivity index (χ0) is 32.5. The van der Waals surface area contributed by atoms with Crippen molar-refractivity contribution in [3.63, 3.8) is 0 Å². The highest BCUT2D eigenvalue weighted by atomic mass is 31.3. The second-order valence-electron chi connectivity index (χ2n) is 10.8. The highest BCUT2D eigenvalue weighted by Crippen LogP contribution is 2.59. The van der Waals surface area contributed by atoms with E-state index in [2.05, 4.69) is 28.4 Å². The van der Waals surface area contributed by atoms with Gasteiger partial charge in [0.15, 0.2) is 0 Å². The Bertz CT molecular complexity index is 1060. The SMILES string of the molecule is CCCCCCCCC=CCCCCCCCCOCCCOP(=O)(O)OP(=O)(O)CO[C@H](CO)Cn1ccc(N)nc1=O. The lowest BCUT2D eigenvalue weighted by molar-refractivity contribution is 0.0185. The maximum atomic E-state index is 12.2. The molecule has 0 aliphatic heterocycles. The van der Waals surface area contributed by atoms with Crippen LogP contribution in [0, 0.1) is 0 Å². The maximum absolute atomic E-state index is 12.2. The molecule has 15 heteroatoms. The first-order valence-corrected chi connectivity index (χ1v) is 19.1. The van der Waals surface area contributed by atoms with E-state index in [-0.39, 0.29) is 19.0 Å².